The Labute approximate surface area is 127 Å². The van der Waals surface area contributed by atoms with E-state index in [4.69, 9.17) is 4.98 Å². The van der Waals surface area contributed by atoms with Crippen molar-refractivity contribution in [3.05, 3.63) is 10.6 Å². The molecule has 1 fully saturated rings. The third-order valence-corrected chi connectivity index (χ3v) is 5.19. The highest BCUT2D eigenvalue weighted by Gasteiger charge is 2.34. The average Bonchev–Trinajstić information content (AvgIpc) is 2.91. The van der Waals surface area contributed by atoms with E-state index in [0.717, 1.165) is 26.1 Å². The van der Waals surface area contributed by atoms with Gasteiger partial charge in [0.05, 0.1) is 5.69 Å². The predicted octanol–water partition coefficient (Wildman–Crippen LogP) is 3.83. The molecular formula is C16H29N3S. The summed E-state index contributed by atoms with van der Waals surface area (Å²) in [5.74, 6) is 0.699. The van der Waals surface area contributed by atoms with Gasteiger partial charge in [-0.2, -0.15) is 0 Å². The van der Waals surface area contributed by atoms with Crippen molar-refractivity contribution in [1.82, 2.24) is 10.3 Å². The van der Waals surface area contributed by atoms with Gasteiger partial charge in [-0.1, -0.05) is 20.8 Å². The zero-order valence-electron chi connectivity index (χ0n) is 13.6. The van der Waals surface area contributed by atoms with Gasteiger partial charge in [0.15, 0.2) is 5.13 Å². The maximum absolute atomic E-state index is 4.91. The number of rotatable bonds is 6. The van der Waals surface area contributed by atoms with Crippen LogP contribution in [0, 0.1) is 5.92 Å². The fraction of sp³-hybridized carbons (Fsp3) is 0.812. The molecule has 2 rings (SSSR count). The van der Waals surface area contributed by atoms with Gasteiger partial charge >= 0.3 is 0 Å². The molecule has 0 aliphatic carbocycles. The molecule has 0 aromatic carbocycles. The largest absolute Gasteiger partial charge is 0.343 e. The van der Waals surface area contributed by atoms with Crippen LogP contribution in [0.4, 0.5) is 5.13 Å². The molecular weight excluding hydrogens is 266 g/mol. The van der Waals surface area contributed by atoms with Crippen LogP contribution in [0.25, 0.3) is 0 Å². The van der Waals surface area contributed by atoms with Crippen LogP contribution >= 0.6 is 11.3 Å². The lowest BCUT2D eigenvalue weighted by Crippen LogP contribution is -2.38. The number of aromatic nitrogens is 1. The monoisotopic (exact) mass is 295 g/mol. The summed E-state index contributed by atoms with van der Waals surface area (Å²) in [7, 11) is 0. The van der Waals surface area contributed by atoms with Gasteiger partial charge in [-0.05, 0) is 45.6 Å². The predicted molar refractivity (Wildman–Crippen MR) is 88.7 cm³/mol. The molecule has 1 aliphatic rings. The van der Waals surface area contributed by atoms with Crippen molar-refractivity contribution in [1.29, 1.82) is 0 Å². The Bertz CT molecular complexity index is 437. The average molecular weight is 295 g/mol. The number of thiazole rings is 1. The summed E-state index contributed by atoms with van der Waals surface area (Å²) in [6, 6.07) is 0. The minimum Gasteiger partial charge on any atom is -0.343 e. The number of anilines is 1. The molecule has 0 bridgehead atoms. The Morgan fingerprint density at radius 1 is 1.40 bits per heavy atom. The van der Waals surface area contributed by atoms with Gasteiger partial charge in [0.1, 0.15) is 0 Å². The summed E-state index contributed by atoms with van der Waals surface area (Å²) in [6.07, 6.45) is 3.59. The summed E-state index contributed by atoms with van der Waals surface area (Å²) >= 11 is 1.89. The Morgan fingerprint density at radius 2 is 2.15 bits per heavy atom. The number of nitrogens with one attached hydrogen (secondary N) is 1. The fourth-order valence-electron chi connectivity index (χ4n) is 2.84. The minimum atomic E-state index is 0.269. The second-order valence-corrected chi connectivity index (χ2v) is 7.87. The van der Waals surface area contributed by atoms with Crippen LogP contribution in [0.1, 0.15) is 58.0 Å². The smallest absolute Gasteiger partial charge is 0.186 e. The van der Waals surface area contributed by atoms with E-state index < -0.39 is 0 Å². The van der Waals surface area contributed by atoms with Crippen molar-refractivity contribution in [3.8, 4) is 0 Å². The molecule has 1 aromatic heterocycles. The fourth-order valence-corrected chi connectivity index (χ4v) is 4.14. The Balaban J connectivity index is 2.10. The van der Waals surface area contributed by atoms with Gasteiger partial charge in [0, 0.05) is 23.5 Å². The van der Waals surface area contributed by atoms with Crippen LogP contribution in [-0.4, -0.2) is 23.6 Å². The van der Waals surface area contributed by atoms with Crippen LogP contribution in [0.15, 0.2) is 0 Å². The summed E-state index contributed by atoms with van der Waals surface area (Å²) < 4.78 is 0. The van der Waals surface area contributed by atoms with Crippen molar-refractivity contribution in [2.45, 2.75) is 66.0 Å². The maximum Gasteiger partial charge on any atom is 0.186 e. The minimum absolute atomic E-state index is 0.269. The van der Waals surface area contributed by atoms with Crippen molar-refractivity contribution in [2.75, 3.05) is 18.0 Å². The highest BCUT2D eigenvalue weighted by atomic mass is 32.1. The number of aryl methyl sites for hydroxylation is 1. The molecule has 0 saturated carbocycles. The van der Waals surface area contributed by atoms with Crippen LogP contribution in [-0.2, 0) is 13.0 Å². The lowest BCUT2D eigenvalue weighted by Gasteiger charge is -2.31. The van der Waals surface area contributed by atoms with Gasteiger partial charge in [-0.3, -0.25) is 0 Å². The molecule has 1 saturated heterocycles. The van der Waals surface area contributed by atoms with Crippen molar-refractivity contribution < 1.29 is 0 Å². The number of hydrogen-bond acceptors (Lipinski definition) is 4. The van der Waals surface area contributed by atoms with Gasteiger partial charge in [-0.15, -0.1) is 11.3 Å². The van der Waals surface area contributed by atoms with E-state index in [0.29, 0.717) is 5.92 Å². The molecule has 4 heteroatoms. The third-order valence-electron chi connectivity index (χ3n) is 4.07. The van der Waals surface area contributed by atoms with Crippen LogP contribution < -0.4 is 10.2 Å². The molecule has 3 nitrogen and oxygen atoms in total. The van der Waals surface area contributed by atoms with Gasteiger partial charge in [0.2, 0.25) is 0 Å². The van der Waals surface area contributed by atoms with E-state index >= 15 is 0 Å². The molecule has 0 unspecified atom stereocenters. The van der Waals surface area contributed by atoms with E-state index in [-0.39, 0.29) is 5.54 Å². The van der Waals surface area contributed by atoms with E-state index in [1.165, 1.54) is 28.5 Å². The zero-order valence-corrected chi connectivity index (χ0v) is 14.4. The van der Waals surface area contributed by atoms with Crippen LogP contribution in [0.5, 0.6) is 0 Å². The normalized spacial score (nSPS) is 18.2. The Kier molecular flexibility index (Phi) is 5.08. The van der Waals surface area contributed by atoms with E-state index in [2.05, 4.69) is 44.8 Å². The molecule has 2 heterocycles. The topological polar surface area (TPSA) is 28.2 Å². The van der Waals surface area contributed by atoms with E-state index in [9.17, 15) is 0 Å². The zero-order chi connectivity index (χ0) is 14.8. The van der Waals surface area contributed by atoms with Crippen molar-refractivity contribution >= 4 is 16.5 Å². The van der Waals surface area contributed by atoms with Gasteiger partial charge in [0.25, 0.3) is 0 Å². The quantitative estimate of drug-likeness (QED) is 0.864. The van der Waals surface area contributed by atoms with Crippen molar-refractivity contribution in [2.24, 2.45) is 5.92 Å². The lowest BCUT2D eigenvalue weighted by atomic mass is 10.0. The van der Waals surface area contributed by atoms with Gasteiger partial charge in [-0.25, -0.2) is 4.98 Å². The first-order valence-corrected chi connectivity index (χ1v) is 8.72. The summed E-state index contributed by atoms with van der Waals surface area (Å²) in [5, 5.41) is 4.78. The SMILES string of the molecule is CCc1nc(N2CCCC2(C)C)sc1CNCC(C)C. The number of nitrogens with zero attached hydrogens (tertiary/aromatic N) is 2. The number of hydrogen-bond donors (Lipinski definition) is 1. The molecule has 0 radical (unpaired) electrons. The second kappa shape index (κ2) is 6.44. The molecule has 1 aromatic rings. The molecule has 1 aliphatic heterocycles. The first-order chi connectivity index (χ1) is 9.44. The molecule has 1 N–H and O–H groups in total. The highest BCUT2D eigenvalue weighted by Crippen LogP contribution is 2.37. The van der Waals surface area contributed by atoms with E-state index in [1.807, 2.05) is 11.3 Å². The Morgan fingerprint density at radius 3 is 2.70 bits per heavy atom. The maximum atomic E-state index is 4.91. The third kappa shape index (κ3) is 3.53. The van der Waals surface area contributed by atoms with E-state index in [1.54, 1.807) is 0 Å². The first kappa shape index (κ1) is 15.8. The summed E-state index contributed by atoms with van der Waals surface area (Å²) in [6.45, 7) is 14.6. The summed E-state index contributed by atoms with van der Waals surface area (Å²) in [4.78, 5) is 8.83. The standard InChI is InChI=1S/C16H29N3S/c1-6-13-14(11-17-10-12(2)3)20-15(18-13)19-9-7-8-16(19,4)5/h12,17H,6-11H2,1-5H3. The van der Waals surface area contributed by atoms with Gasteiger partial charge < -0.3 is 10.2 Å². The lowest BCUT2D eigenvalue weighted by molar-refractivity contribution is 0.517. The molecule has 20 heavy (non-hydrogen) atoms. The summed E-state index contributed by atoms with van der Waals surface area (Å²) in [5.41, 5.74) is 1.55. The molecule has 0 spiro atoms. The van der Waals surface area contributed by atoms with Crippen molar-refractivity contribution in [3.63, 3.8) is 0 Å². The Hall–Kier alpha value is -0.610. The molecule has 0 amide bonds. The molecule has 114 valence electrons. The highest BCUT2D eigenvalue weighted by molar-refractivity contribution is 7.15. The second-order valence-electron chi connectivity index (χ2n) is 6.81. The first-order valence-electron chi connectivity index (χ1n) is 7.91. The molecule has 0 atom stereocenters. The van der Waals surface area contributed by atoms with Crippen LogP contribution in [0.3, 0.4) is 0 Å². The van der Waals surface area contributed by atoms with Crippen LogP contribution in [0.2, 0.25) is 0 Å².